The molecule has 0 heterocycles. The molecule has 0 spiro atoms. The molecule has 4 heteroatoms. The van der Waals surface area contributed by atoms with Crippen LogP contribution in [-0.2, 0) is 0 Å². The third-order valence-electron chi connectivity index (χ3n) is 1.89. The van der Waals surface area contributed by atoms with Gasteiger partial charge in [0.2, 0.25) is 0 Å². The van der Waals surface area contributed by atoms with Gasteiger partial charge in [-0.2, -0.15) is 5.10 Å². The van der Waals surface area contributed by atoms with Gasteiger partial charge in [0.1, 0.15) is 0 Å². The second kappa shape index (κ2) is 5.80. The molecule has 0 aromatic heterocycles. The number of carbonyl (C=O) groups is 1. The largest absolute Gasteiger partial charge is 0.350 e. The van der Waals surface area contributed by atoms with Gasteiger partial charge < -0.3 is 5.73 Å². The summed E-state index contributed by atoms with van der Waals surface area (Å²) < 4.78 is 0. The number of urea groups is 1. The lowest BCUT2D eigenvalue weighted by atomic mass is 10.1. The monoisotopic (exact) mass is 205 g/mol. The molecule has 0 atom stereocenters. The Morgan fingerprint density at radius 1 is 1.40 bits per heavy atom. The summed E-state index contributed by atoms with van der Waals surface area (Å²) in [5.41, 5.74) is 9.07. The lowest BCUT2D eigenvalue weighted by Crippen LogP contribution is -2.26. The first-order valence-electron chi connectivity index (χ1n) is 4.91. The Kier molecular flexibility index (Phi) is 4.34. The molecule has 0 radical (unpaired) electrons. The van der Waals surface area contributed by atoms with E-state index in [9.17, 15) is 4.79 Å². The van der Waals surface area contributed by atoms with E-state index in [1.54, 1.807) is 0 Å². The van der Waals surface area contributed by atoms with Crippen molar-refractivity contribution in [3.63, 3.8) is 0 Å². The minimum absolute atomic E-state index is 0.639. The van der Waals surface area contributed by atoms with E-state index in [4.69, 9.17) is 5.73 Å². The molecule has 3 N–H and O–H groups in total. The van der Waals surface area contributed by atoms with E-state index in [0.29, 0.717) is 0 Å². The molecule has 0 unspecified atom stereocenters. The fraction of sp³-hybridized carbons (Fsp3) is 0.273. The average molecular weight is 205 g/mol. The Morgan fingerprint density at radius 3 is 2.60 bits per heavy atom. The molecule has 0 aliphatic heterocycles. The fourth-order valence-corrected chi connectivity index (χ4v) is 1.25. The van der Waals surface area contributed by atoms with Crippen molar-refractivity contribution in [2.75, 3.05) is 0 Å². The molecule has 15 heavy (non-hydrogen) atoms. The van der Waals surface area contributed by atoms with Gasteiger partial charge in [0.05, 0.1) is 5.71 Å². The average Bonchev–Trinajstić information content (AvgIpc) is 2.25. The van der Waals surface area contributed by atoms with Crippen LogP contribution >= 0.6 is 0 Å². The van der Waals surface area contributed by atoms with Crippen LogP contribution in [0.2, 0.25) is 0 Å². The zero-order valence-electron chi connectivity index (χ0n) is 8.73. The Labute approximate surface area is 89.2 Å². The molecule has 0 saturated carbocycles. The van der Waals surface area contributed by atoms with E-state index in [-0.39, 0.29) is 0 Å². The summed E-state index contributed by atoms with van der Waals surface area (Å²) in [6.07, 6.45) is 1.78. The van der Waals surface area contributed by atoms with Gasteiger partial charge in [0.15, 0.2) is 0 Å². The third kappa shape index (κ3) is 3.81. The van der Waals surface area contributed by atoms with E-state index in [0.717, 1.165) is 24.1 Å². The van der Waals surface area contributed by atoms with Crippen molar-refractivity contribution in [2.45, 2.75) is 19.8 Å². The van der Waals surface area contributed by atoms with Crippen molar-refractivity contribution in [1.82, 2.24) is 5.43 Å². The number of carbonyl (C=O) groups excluding carboxylic acids is 1. The SMILES string of the molecule is CCCC(=NNC(N)=O)c1ccccc1. The van der Waals surface area contributed by atoms with Crippen molar-refractivity contribution in [2.24, 2.45) is 10.8 Å². The summed E-state index contributed by atoms with van der Waals surface area (Å²) in [7, 11) is 0. The van der Waals surface area contributed by atoms with Gasteiger partial charge in [0.25, 0.3) is 0 Å². The number of nitrogens with two attached hydrogens (primary N) is 1. The van der Waals surface area contributed by atoms with E-state index in [1.165, 1.54) is 0 Å². The van der Waals surface area contributed by atoms with Crippen LogP contribution < -0.4 is 11.2 Å². The number of amides is 2. The minimum Gasteiger partial charge on any atom is -0.350 e. The predicted octanol–water partition coefficient (Wildman–Crippen LogP) is 1.86. The van der Waals surface area contributed by atoms with E-state index in [2.05, 4.69) is 17.5 Å². The molecular weight excluding hydrogens is 190 g/mol. The Morgan fingerprint density at radius 2 is 2.07 bits per heavy atom. The first kappa shape index (κ1) is 11.2. The summed E-state index contributed by atoms with van der Waals surface area (Å²) in [5.74, 6) is 0. The smallest absolute Gasteiger partial charge is 0.332 e. The molecule has 0 fully saturated rings. The summed E-state index contributed by atoms with van der Waals surface area (Å²) in [4.78, 5) is 10.5. The first-order valence-corrected chi connectivity index (χ1v) is 4.91. The number of hydrogen-bond acceptors (Lipinski definition) is 2. The highest BCUT2D eigenvalue weighted by Gasteiger charge is 2.01. The Balaban J connectivity index is 2.83. The van der Waals surface area contributed by atoms with Gasteiger partial charge in [-0.1, -0.05) is 43.7 Å². The topological polar surface area (TPSA) is 67.5 Å². The molecule has 1 aromatic carbocycles. The molecule has 2 amide bonds. The Bertz CT molecular complexity index is 346. The molecule has 80 valence electrons. The number of nitrogens with one attached hydrogen (secondary N) is 1. The zero-order chi connectivity index (χ0) is 11.1. The molecule has 0 bridgehead atoms. The highest BCUT2D eigenvalue weighted by Crippen LogP contribution is 2.05. The second-order valence-electron chi connectivity index (χ2n) is 3.15. The highest BCUT2D eigenvalue weighted by molar-refractivity contribution is 6.00. The van der Waals surface area contributed by atoms with Crippen molar-refractivity contribution in [3.05, 3.63) is 35.9 Å². The Hall–Kier alpha value is -1.84. The van der Waals surface area contributed by atoms with Gasteiger partial charge in [-0.05, 0) is 12.0 Å². The lowest BCUT2D eigenvalue weighted by Gasteiger charge is -2.04. The zero-order valence-corrected chi connectivity index (χ0v) is 8.73. The van der Waals surface area contributed by atoms with Crippen molar-refractivity contribution in [3.8, 4) is 0 Å². The molecule has 0 saturated heterocycles. The van der Waals surface area contributed by atoms with Crippen LogP contribution in [0, 0.1) is 0 Å². The van der Waals surface area contributed by atoms with Crippen molar-refractivity contribution < 1.29 is 4.79 Å². The van der Waals surface area contributed by atoms with Crippen LogP contribution in [0.4, 0.5) is 4.79 Å². The van der Waals surface area contributed by atoms with Gasteiger partial charge >= 0.3 is 6.03 Å². The quantitative estimate of drug-likeness (QED) is 0.571. The van der Waals surface area contributed by atoms with Crippen LogP contribution in [0.1, 0.15) is 25.3 Å². The van der Waals surface area contributed by atoms with Crippen LogP contribution in [0.3, 0.4) is 0 Å². The maximum Gasteiger partial charge on any atom is 0.332 e. The molecule has 1 aromatic rings. The number of hydrogen-bond donors (Lipinski definition) is 2. The maximum atomic E-state index is 10.5. The molecule has 0 aliphatic rings. The first-order chi connectivity index (χ1) is 7.24. The van der Waals surface area contributed by atoms with Crippen LogP contribution in [0.5, 0.6) is 0 Å². The van der Waals surface area contributed by atoms with E-state index in [1.807, 2.05) is 30.3 Å². The number of hydrazone groups is 1. The second-order valence-corrected chi connectivity index (χ2v) is 3.15. The van der Waals surface area contributed by atoms with Gasteiger partial charge in [-0.3, -0.25) is 0 Å². The van der Waals surface area contributed by atoms with E-state index < -0.39 is 6.03 Å². The summed E-state index contributed by atoms with van der Waals surface area (Å²) >= 11 is 0. The van der Waals surface area contributed by atoms with Gasteiger partial charge in [-0.15, -0.1) is 0 Å². The summed E-state index contributed by atoms with van der Waals surface area (Å²) in [6, 6.07) is 9.08. The fourth-order valence-electron chi connectivity index (χ4n) is 1.25. The lowest BCUT2D eigenvalue weighted by molar-refractivity contribution is 0.249. The van der Waals surface area contributed by atoms with Crippen molar-refractivity contribution in [1.29, 1.82) is 0 Å². The highest BCUT2D eigenvalue weighted by atomic mass is 16.2. The van der Waals surface area contributed by atoms with Gasteiger partial charge in [0, 0.05) is 0 Å². The van der Waals surface area contributed by atoms with Crippen LogP contribution in [0.25, 0.3) is 0 Å². The number of nitrogens with zero attached hydrogens (tertiary/aromatic N) is 1. The molecular formula is C11H15N3O. The molecule has 0 aliphatic carbocycles. The van der Waals surface area contributed by atoms with E-state index >= 15 is 0 Å². The van der Waals surface area contributed by atoms with Gasteiger partial charge in [-0.25, -0.2) is 10.2 Å². The van der Waals surface area contributed by atoms with Crippen molar-refractivity contribution >= 4 is 11.7 Å². The van der Waals surface area contributed by atoms with Crippen LogP contribution in [-0.4, -0.2) is 11.7 Å². The molecule has 1 rings (SSSR count). The number of primary amides is 1. The predicted molar refractivity (Wildman–Crippen MR) is 60.6 cm³/mol. The normalized spacial score (nSPS) is 11.1. The summed E-state index contributed by atoms with van der Waals surface area (Å²) in [5, 5.41) is 3.98. The minimum atomic E-state index is -0.639. The summed E-state index contributed by atoms with van der Waals surface area (Å²) in [6.45, 7) is 2.06. The number of rotatable bonds is 4. The number of benzene rings is 1. The molecule has 4 nitrogen and oxygen atoms in total. The standard InChI is InChI=1S/C11H15N3O/c1-2-6-10(13-14-11(12)15)9-7-4-3-5-8-9/h3-5,7-8H,2,6H2,1H3,(H3,12,14,15). The third-order valence-corrected chi connectivity index (χ3v) is 1.89. The van der Waals surface area contributed by atoms with Crippen LogP contribution in [0.15, 0.2) is 35.4 Å². The maximum absolute atomic E-state index is 10.5.